The molecule has 0 aliphatic carbocycles. The van der Waals surface area contributed by atoms with E-state index in [9.17, 15) is 9.59 Å². The number of methoxy groups -OCH3 is 1. The summed E-state index contributed by atoms with van der Waals surface area (Å²) in [6.45, 7) is 3.77. The summed E-state index contributed by atoms with van der Waals surface area (Å²) in [6.07, 6.45) is 0. The summed E-state index contributed by atoms with van der Waals surface area (Å²) in [5.41, 5.74) is 2.28. The summed E-state index contributed by atoms with van der Waals surface area (Å²) in [5, 5.41) is 8.67. The minimum absolute atomic E-state index is 0.150. The molecule has 0 radical (unpaired) electrons. The molecule has 1 heterocycles. The van der Waals surface area contributed by atoms with Crippen molar-refractivity contribution in [2.45, 2.75) is 13.8 Å². The third-order valence-electron chi connectivity index (χ3n) is 2.90. The van der Waals surface area contributed by atoms with E-state index in [1.165, 1.54) is 12.1 Å². The molecule has 0 bridgehead atoms. The van der Waals surface area contributed by atoms with Gasteiger partial charge in [0.15, 0.2) is 0 Å². The monoisotopic (exact) mass is 273 g/mol. The standard InChI is InChI=1S/C14H15N3O3/c1-8-7-12(20-3)9(2)6-11(8)15-14(19)10-4-5-13(18)17-16-10/h4-7H,1-3H3,(H,15,19)(H,17,18). The number of hydrogen-bond acceptors (Lipinski definition) is 4. The number of nitrogens with zero attached hydrogens (tertiary/aromatic N) is 1. The van der Waals surface area contributed by atoms with E-state index in [0.29, 0.717) is 5.69 Å². The van der Waals surface area contributed by atoms with Gasteiger partial charge in [0.2, 0.25) is 0 Å². The van der Waals surface area contributed by atoms with Crippen LogP contribution in [0.2, 0.25) is 0 Å². The van der Waals surface area contributed by atoms with Crippen LogP contribution in [0.15, 0.2) is 29.1 Å². The number of aromatic nitrogens is 2. The zero-order valence-corrected chi connectivity index (χ0v) is 11.5. The molecule has 2 aromatic rings. The lowest BCUT2D eigenvalue weighted by Crippen LogP contribution is -2.18. The molecule has 0 aliphatic rings. The number of amides is 1. The van der Waals surface area contributed by atoms with Crippen molar-refractivity contribution in [1.29, 1.82) is 0 Å². The SMILES string of the molecule is COc1cc(C)c(NC(=O)c2ccc(=O)[nH]n2)cc1C. The van der Waals surface area contributed by atoms with Crippen LogP contribution in [0.4, 0.5) is 5.69 Å². The number of benzene rings is 1. The lowest BCUT2D eigenvalue weighted by atomic mass is 10.1. The largest absolute Gasteiger partial charge is 0.496 e. The highest BCUT2D eigenvalue weighted by Crippen LogP contribution is 2.26. The number of nitrogens with one attached hydrogen (secondary N) is 2. The van der Waals surface area contributed by atoms with Crippen molar-refractivity contribution in [3.63, 3.8) is 0 Å². The predicted octanol–water partition coefficient (Wildman–Crippen LogP) is 1.65. The van der Waals surface area contributed by atoms with Gasteiger partial charge < -0.3 is 10.1 Å². The lowest BCUT2D eigenvalue weighted by Gasteiger charge is -2.12. The first-order chi connectivity index (χ1) is 9.51. The van der Waals surface area contributed by atoms with Crippen molar-refractivity contribution in [1.82, 2.24) is 10.2 Å². The first kappa shape index (κ1) is 13.8. The van der Waals surface area contributed by atoms with Crippen LogP contribution in [-0.4, -0.2) is 23.2 Å². The Labute approximate surface area is 115 Å². The molecule has 0 unspecified atom stereocenters. The topological polar surface area (TPSA) is 84.1 Å². The molecule has 6 heteroatoms. The Bertz CT molecular complexity index is 687. The van der Waals surface area contributed by atoms with E-state index in [0.717, 1.165) is 16.9 Å². The highest BCUT2D eigenvalue weighted by molar-refractivity contribution is 6.03. The van der Waals surface area contributed by atoms with Gasteiger partial charge in [0.05, 0.1) is 7.11 Å². The molecule has 0 aliphatic heterocycles. The van der Waals surface area contributed by atoms with Crippen molar-refractivity contribution < 1.29 is 9.53 Å². The number of carbonyl (C=O) groups excluding carboxylic acids is 1. The second-order valence-corrected chi connectivity index (χ2v) is 4.40. The van der Waals surface area contributed by atoms with Crippen LogP contribution in [0.1, 0.15) is 21.6 Å². The van der Waals surface area contributed by atoms with Crippen molar-refractivity contribution in [2.24, 2.45) is 0 Å². The number of aromatic amines is 1. The molecule has 0 fully saturated rings. The summed E-state index contributed by atoms with van der Waals surface area (Å²) < 4.78 is 5.22. The number of hydrogen-bond donors (Lipinski definition) is 2. The Morgan fingerprint density at radius 1 is 1.25 bits per heavy atom. The molecule has 2 N–H and O–H groups in total. The van der Waals surface area contributed by atoms with Crippen LogP contribution in [0.25, 0.3) is 0 Å². The summed E-state index contributed by atoms with van der Waals surface area (Å²) >= 11 is 0. The molecule has 0 atom stereocenters. The first-order valence-electron chi connectivity index (χ1n) is 6.03. The number of ether oxygens (including phenoxy) is 1. The van der Waals surface area contributed by atoms with E-state index in [1.807, 2.05) is 26.0 Å². The molecular formula is C14H15N3O3. The van der Waals surface area contributed by atoms with Crippen LogP contribution < -0.4 is 15.6 Å². The summed E-state index contributed by atoms with van der Waals surface area (Å²) in [4.78, 5) is 22.9. The smallest absolute Gasteiger partial charge is 0.276 e. The number of carbonyl (C=O) groups is 1. The van der Waals surface area contributed by atoms with Crippen molar-refractivity contribution in [3.8, 4) is 5.75 Å². The van der Waals surface area contributed by atoms with Gasteiger partial charge in [0, 0.05) is 11.8 Å². The van der Waals surface area contributed by atoms with Crippen LogP contribution in [0, 0.1) is 13.8 Å². The average Bonchev–Trinajstić information content (AvgIpc) is 2.43. The maximum atomic E-state index is 12.0. The van der Waals surface area contributed by atoms with Gasteiger partial charge in [-0.25, -0.2) is 5.10 Å². The van der Waals surface area contributed by atoms with Crippen LogP contribution in [-0.2, 0) is 0 Å². The molecule has 0 saturated carbocycles. The van der Waals surface area contributed by atoms with Gasteiger partial charge in [0.1, 0.15) is 11.4 Å². The fourth-order valence-corrected chi connectivity index (χ4v) is 1.80. The predicted molar refractivity (Wildman–Crippen MR) is 75.3 cm³/mol. The molecule has 1 amide bonds. The second kappa shape index (κ2) is 5.56. The quantitative estimate of drug-likeness (QED) is 0.890. The number of H-pyrrole nitrogens is 1. The summed E-state index contributed by atoms with van der Waals surface area (Å²) in [5.74, 6) is 0.386. The minimum Gasteiger partial charge on any atom is -0.496 e. The summed E-state index contributed by atoms with van der Waals surface area (Å²) in [7, 11) is 1.60. The second-order valence-electron chi connectivity index (χ2n) is 4.40. The zero-order valence-electron chi connectivity index (χ0n) is 11.5. The average molecular weight is 273 g/mol. The molecular weight excluding hydrogens is 258 g/mol. The van der Waals surface area contributed by atoms with E-state index in [4.69, 9.17) is 4.74 Å². The third kappa shape index (κ3) is 2.85. The van der Waals surface area contributed by atoms with E-state index in [2.05, 4.69) is 15.5 Å². The van der Waals surface area contributed by atoms with E-state index < -0.39 is 0 Å². The van der Waals surface area contributed by atoms with Gasteiger partial charge in [-0.2, -0.15) is 5.10 Å². The Morgan fingerprint density at radius 3 is 2.60 bits per heavy atom. The molecule has 6 nitrogen and oxygen atoms in total. The Morgan fingerprint density at radius 2 is 2.00 bits per heavy atom. The Balaban J connectivity index is 2.26. The van der Waals surface area contributed by atoms with E-state index in [1.54, 1.807) is 7.11 Å². The van der Waals surface area contributed by atoms with Crippen molar-refractivity contribution in [3.05, 3.63) is 51.4 Å². The van der Waals surface area contributed by atoms with Crippen molar-refractivity contribution in [2.75, 3.05) is 12.4 Å². The molecule has 1 aromatic heterocycles. The maximum absolute atomic E-state index is 12.0. The molecule has 20 heavy (non-hydrogen) atoms. The highest BCUT2D eigenvalue weighted by atomic mass is 16.5. The van der Waals surface area contributed by atoms with Gasteiger partial charge in [-0.3, -0.25) is 9.59 Å². The number of anilines is 1. The Hall–Kier alpha value is -2.63. The molecule has 0 spiro atoms. The van der Waals surface area contributed by atoms with Crippen LogP contribution in [0.3, 0.4) is 0 Å². The number of rotatable bonds is 3. The molecule has 1 aromatic carbocycles. The zero-order chi connectivity index (χ0) is 14.7. The number of aryl methyl sites for hydroxylation is 2. The van der Waals surface area contributed by atoms with Crippen LogP contribution >= 0.6 is 0 Å². The highest BCUT2D eigenvalue weighted by Gasteiger charge is 2.11. The minimum atomic E-state index is -0.381. The molecule has 0 saturated heterocycles. The molecule has 2 rings (SSSR count). The van der Waals surface area contributed by atoms with Gasteiger partial charge >= 0.3 is 0 Å². The van der Waals surface area contributed by atoms with Gasteiger partial charge in [0.25, 0.3) is 11.5 Å². The molecule has 104 valence electrons. The fourth-order valence-electron chi connectivity index (χ4n) is 1.80. The fraction of sp³-hybridized carbons (Fsp3) is 0.214. The third-order valence-corrected chi connectivity index (χ3v) is 2.90. The van der Waals surface area contributed by atoms with E-state index >= 15 is 0 Å². The van der Waals surface area contributed by atoms with Gasteiger partial charge in [-0.15, -0.1) is 0 Å². The van der Waals surface area contributed by atoms with Gasteiger partial charge in [-0.05, 0) is 43.2 Å². The normalized spacial score (nSPS) is 10.2. The lowest BCUT2D eigenvalue weighted by molar-refractivity contribution is 0.102. The summed E-state index contributed by atoms with van der Waals surface area (Å²) in [6, 6.07) is 6.32. The van der Waals surface area contributed by atoms with Gasteiger partial charge in [-0.1, -0.05) is 0 Å². The Kier molecular flexibility index (Phi) is 3.84. The van der Waals surface area contributed by atoms with Crippen molar-refractivity contribution >= 4 is 11.6 Å². The van der Waals surface area contributed by atoms with Crippen LogP contribution in [0.5, 0.6) is 5.75 Å². The first-order valence-corrected chi connectivity index (χ1v) is 6.03. The van der Waals surface area contributed by atoms with E-state index in [-0.39, 0.29) is 17.2 Å². The maximum Gasteiger partial charge on any atom is 0.276 e.